The van der Waals surface area contributed by atoms with E-state index in [1.807, 2.05) is 0 Å². The fraction of sp³-hybridized carbons (Fsp3) is 0.0833. The van der Waals surface area contributed by atoms with Crippen LogP contribution in [0, 0.1) is 11.8 Å². The number of aromatic amines is 1. The molecule has 0 aliphatic heterocycles. The molecular weight excluding hydrogens is 230 g/mol. The molecule has 1 heterocycles. The molecule has 0 atom stereocenters. The minimum Gasteiger partial charge on any atom is -0.321 e. The topological polar surface area (TPSA) is 96.7 Å². The lowest BCUT2D eigenvalue weighted by Gasteiger charge is -2.02. The first-order valence-corrected chi connectivity index (χ1v) is 5.25. The zero-order valence-corrected chi connectivity index (χ0v) is 9.47. The number of nitrogens with two attached hydrogens (primary N) is 1. The second-order valence-corrected chi connectivity index (χ2v) is 3.39. The van der Waals surface area contributed by atoms with Crippen LogP contribution in [-0.4, -0.2) is 27.9 Å². The summed E-state index contributed by atoms with van der Waals surface area (Å²) in [5, 5.41) is 12.3. The van der Waals surface area contributed by atoms with Gasteiger partial charge in [0.25, 0.3) is 5.91 Å². The largest absolute Gasteiger partial charge is 0.321 e. The summed E-state index contributed by atoms with van der Waals surface area (Å²) >= 11 is 0. The SMILES string of the molecule is NCC#Cc1ccc(NC(=O)c2cn[nH]n2)cc1. The van der Waals surface area contributed by atoms with Crippen molar-refractivity contribution >= 4 is 11.6 Å². The average Bonchev–Trinajstić information content (AvgIpc) is 2.92. The monoisotopic (exact) mass is 241 g/mol. The van der Waals surface area contributed by atoms with Gasteiger partial charge in [-0.15, -0.1) is 0 Å². The first-order chi connectivity index (χ1) is 8.79. The van der Waals surface area contributed by atoms with Crippen molar-refractivity contribution in [2.75, 3.05) is 11.9 Å². The summed E-state index contributed by atoms with van der Waals surface area (Å²) in [4.78, 5) is 11.7. The second kappa shape index (κ2) is 5.61. The summed E-state index contributed by atoms with van der Waals surface area (Å²) < 4.78 is 0. The third-order valence-electron chi connectivity index (χ3n) is 2.13. The molecule has 18 heavy (non-hydrogen) atoms. The summed E-state index contributed by atoms with van der Waals surface area (Å²) in [7, 11) is 0. The maximum atomic E-state index is 11.7. The quantitative estimate of drug-likeness (QED) is 0.662. The van der Waals surface area contributed by atoms with Crippen molar-refractivity contribution in [2.24, 2.45) is 5.73 Å². The van der Waals surface area contributed by atoms with Gasteiger partial charge in [-0.3, -0.25) is 4.79 Å². The molecule has 2 aromatic rings. The van der Waals surface area contributed by atoms with E-state index >= 15 is 0 Å². The maximum Gasteiger partial charge on any atom is 0.277 e. The van der Waals surface area contributed by atoms with Gasteiger partial charge in [-0.2, -0.15) is 15.4 Å². The van der Waals surface area contributed by atoms with Gasteiger partial charge in [0.1, 0.15) is 0 Å². The van der Waals surface area contributed by atoms with E-state index in [1.54, 1.807) is 24.3 Å². The normalized spacial score (nSPS) is 9.39. The lowest BCUT2D eigenvalue weighted by Crippen LogP contribution is -2.12. The fourth-order valence-electron chi connectivity index (χ4n) is 1.30. The van der Waals surface area contributed by atoms with Gasteiger partial charge in [-0.05, 0) is 24.3 Å². The molecule has 0 saturated carbocycles. The van der Waals surface area contributed by atoms with Crippen LogP contribution in [0.3, 0.4) is 0 Å². The van der Waals surface area contributed by atoms with Crippen LogP contribution >= 0.6 is 0 Å². The van der Waals surface area contributed by atoms with Crippen molar-refractivity contribution in [1.29, 1.82) is 0 Å². The zero-order chi connectivity index (χ0) is 12.8. The molecule has 6 nitrogen and oxygen atoms in total. The third kappa shape index (κ3) is 2.93. The number of aromatic nitrogens is 3. The number of hydrogen-bond acceptors (Lipinski definition) is 4. The zero-order valence-electron chi connectivity index (χ0n) is 9.47. The van der Waals surface area contributed by atoms with Gasteiger partial charge >= 0.3 is 0 Å². The van der Waals surface area contributed by atoms with Crippen molar-refractivity contribution in [3.63, 3.8) is 0 Å². The number of nitrogens with one attached hydrogen (secondary N) is 2. The number of nitrogens with zero attached hydrogens (tertiary/aromatic N) is 2. The predicted octanol–water partition coefficient (Wildman–Crippen LogP) is 0.367. The standard InChI is InChI=1S/C12H11N5O/c13-7-1-2-9-3-5-10(6-4-9)15-12(18)11-8-14-17-16-11/h3-6,8H,7,13H2,(H,15,18)(H,14,16,17). The Morgan fingerprint density at radius 1 is 1.39 bits per heavy atom. The molecule has 90 valence electrons. The molecular formula is C12H11N5O. The van der Waals surface area contributed by atoms with Crippen LogP contribution in [-0.2, 0) is 0 Å². The molecule has 0 spiro atoms. The number of H-pyrrole nitrogens is 1. The number of hydrogen-bond donors (Lipinski definition) is 3. The number of anilines is 1. The number of carbonyl (C=O) groups is 1. The fourth-order valence-corrected chi connectivity index (χ4v) is 1.30. The molecule has 4 N–H and O–H groups in total. The minimum absolute atomic E-state index is 0.238. The molecule has 1 aromatic heterocycles. The second-order valence-electron chi connectivity index (χ2n) is 3.39. The lowest BCUT2D eigenvalue weighted by atomic mass is 10.2. The molecule has 6 heteroatoms. The van der Waals surface area contributed by atoms with Crippen LogP contribution in [0.2, 0.25) is 0 Å². The van der Waals surface area contributed by atoms with E-state index < -0.39 is 0 Å². The van der Waals surface area contributed by atoms with Crippen molar-refractivity contribution in [2.45, 2.75) is 0 Å². The molecule has 1 aromatic carbocycles. The highest BCUT2D eigenvalue weighted by molar-refractivity contribution is 6.02. The molecule has 0 aliphatic rings. The average molecular weight is 241 g/mol. The summed E-state index contributed by atoms with van der Waals surface area (Å²) in [6.07, 6.45) is 1.36. The van der Waals surface area contributed by atoms with E-state index in [2.05, 4.69) is 32.6 Å². The molecule has 0 radical (unpaired) electrons. The van der Waals surface area contributed by atoms with Crippen LogP contribution < -0.4 is 11.1 Å². The van der Waals surface area contributed by atoms with Crippen LogP contribution in [0.1, 0.15) is 16.1 Å². The van der Waals surface area contributed by atoms with E-state index in [0.717, 1.165) is 5.56 Å². The van der Waals surface area contributed by atoms with Crippen molar-refractivity contribution in [1.82, 2.24) is 15.4 Å². The van der Waals surface area contributed by atoms with E-state index in [0.29, 0.717) is 12.2 Å². The summed E-state index contributed by atoms with van der Waals surface area (Å²) in [6, 6.07) is 7.14. The van der Waals surface area contributed by atoms with Crippen molar-refractivity contribution < 1.29 is 4.79 Å². The van der Waals surface area contributed by atoms with Gasteiger partial charge in [0.2, 0.25) is 0 Å². The highest BCUT2D eigenvalue weighted by Gasteiger charge is 2.08. The van der Waals surface area contributed by atoms with Gasteiger partial charge < -0.3 is 11.1 Å². The number of carbonyl (C=O) groups excluding carboxylic acids is 1. The Kier molecular flexibility index (Phi) is 3.69. The Balaban J connectivity index is 2.04. The van der Waals surface area contributed by atoms with Gasteiger partial charge in [0, 0.05) is 11.3 Å². The maximum absolute atomic E-state index is 11.7. The summed E-state index contributed by atoms with van der Waals surface area (Å²) in [5.41, 5.74) is 7.03. The highest BCUT2D eigenvalue weighted by atomic mass is 16.2. The van der Waals surface area contributed by atoms with E-state index in [-0.39, 0.29) is 11.6 Å². The molecule has 0 saturated heterocycles. The molecule has 1 amide bonds. The van der Waals surface area contributed by atoms with E-state index in [4.69, 9.17) is 5.73 Å². The minimum atomic E-state index is -0.315. The third-order valence-corrected chi connectivity index (χ3v) is 2.13. The van der Waals surface area contributed by atoms with Gasteiger partial charge in [-0.1, -0.05) is 11.8 Å². The Hall–Kier alpha value is -2.65. The highest BCUT2D eigenvalue weighted by Crippen LogP contribution is 2.09. The Labute approximate surface area is 104 Å². The summed E-state index contributed by atoms with van der Waals surface area (Å²) in [5.74, 6) is 5.34. The van der Waals surface area contributed by atoms with Crippen LogP contribution in [0.25, 0.3) is 0 Å². The van der Waals surface area contributed by atoms with Crippen LogP contribution in [0.15, 0.2) is 30.5 Å². The first kappa shape index (κ1) is 11.8. The van der Waals surface area contributed by atoms with Crippen molar-refractivity contribution in [3.8, 4) is 11.8 Å². The van der Waals surface area contributed by atoms with Crippen molar-refractivity contribution in [3.05, 3.63) is 41.7 Å². The molecule has 0 fully saturated rings. The summed E-state index contributed by atoms with van der Waals surface area (Å²) in [6.45, 7) is 0.324. The molecule has 0 unspecified atom stereocenters. The number of rotatable bonds is 2. The smallest absolute Gasteiger partial charge is 0.277 e. The Bertz CT molecular complexity index is 577. The number of benzene rings is 1. The van der Waals surface area contributed by atoms with Gasteiger partial charge in [0.15, 0.2) is 5.69 Å². The lowest BCUT2D eigenvalue weighted by molar-refractivity contribution is 0.102. The number of amides is 1. The van der Waals surface area contributed by atoms with Gasteiger partial charge in [-0.25, -0.2) is 0 Å². The van der Waals surface area contributed by atoms with Gasteiger partial charge in [0.05, 0.1) is 12.7 Å². The molecule has 2 rings (SSSR count). The Morgan fingerprint density at radius 2 is 2.17 bits per heavy atom. The van der Waals surface area contributed by atoms with Crippen LogP contribution in [0.5, 0.6) is 0 Å². The predicted molar refractivity (Wildman–Crippen MR) is 66.7 cm³/mol. The molecule has 0 aliphatic carbocycles. The van der Waals surface area contributed by atoms with E-state index in [9.17, 15) is 4.79 Å². The van der Waals surface area contributed by atoms with E-state index in [1.165, 1.54) is 6.20 Å². The molecule has 0 bridgehead atoms. The van der Waals surface area contributed by atoms with Crippen LogP contribution in [0.4, 0.5) is 5.69 Å². The first-order valence-electron chi connectivity index (χ1n) is 5.25. The Morgan fingerprint density at radius 3 is 2.78 bits per heavy atom.